The van der Waals surface area contributed by atoms with E-state index in [0.29, 0.717) is 10.7 Å². The molecule has 3 aromatic carbocycles. The van der Waals surface area contributed by atoms with Crippen LogP contribution in [0.2, 0.25) is 5.02 Å². The fraction of sp³-hybridized carbons (Fsp3) is 0.0952. The van der Waals surface area contributed by atoms with Crippen molar-refractivity contribution in [3.05, 3.63) is 95.0 Å². The van der Waals surface area contributed by atoms with Crippen LogP contribution in [0.25, 0.3) is 0 Å². The molecule has 8 heteroatoms. The number of carbonyl (C=O) groups is 1. The van der Waals surface area contributed by atoms with Crippen molar-refractivity contribution in [2.75, 3.05) is 11.9 Å². The quantitative estimate of drug-likeness (QED) is 0.498. The van der Waals surface area contributed by atoms with Crippen molar-refractivity contribution in [3.63, 3.8) is 0 Å². The summed E-state index contributed by atoms with van der Waals surface area (Å²) in [6, 6.07) is 21.2. The van der Waals surface area contributed by atoms with Crippen molar-refractivity contribution >= 4 is 33.3 Å². The summed E-state index contributed by atoms with van der Waals surface area (Å²) in [5.74, 6) is -1.03. The lowest BCUT2D eigenvalue weighted by Gasteiger charge is -2.21. The number of anilines is 1. The van der Waals surface area contributed by atoms with E-state index in [-0.39, 0.29) is 17.0 Å². The normalized spacial score (nSPS) is 12.3. The predicted octanol–water partition coefficient (Wildman–Crippen LogP) is 4.17. The van der Waals surface area contributed by atoms with Crippen molar-refractivity contribution in [3.8, 4) is 0 Å². The third-order valence-corrected chi connectivity index (χ3v) is 5.95. The van der Waals surface area contributed by atoms with E-state index in [9.17, 15) is 18.3 Å². The van der Waals surface area contributed by atoms with E-state index in [4.69, 9.17) is 11.6 Å². The van der Waals surface area contributed by atoms with Gasteiger partial charge in [-0.1, -0.05) is 48.0 Å². The van der Waals surface area contributed by atoms with Crippen LogP contribution in [-0.4, -0.2) is 26.0 Å². The van der Waals surface area contributed by atoms with Gasteiger partial charge in [0.15, 0.2) is 0 Å². The molecule has 0 bridgehead atoms. The predicted molar refractivity (Wildman–Crippen MR) is 113 cm³/mol. The highest BCUT2D eigenvalue weighted by molar-refractivity contribution is 7.89. The minimum Gasteiger partial charge on any atom is -0.478 e. The van der Waals surface area contributed by atoms with Crippen molar-refractivity contribution in [2.45, 2.75) is 10.9 Å². The highest BCUT2D eigenvalue weighted by Crippen LogP contribution is 2.21. The molecule has 0 heterocycles. The SMILES string of the molecule is O=C(O)c1cccc(N[C@H](CNS(=O)(=O)c2ccc(Cl)cc2)c2ccccc2)c1. The van der Waals surface area contributed by atoms with E-state index in [1.807, 2.05) is 30.3 Å². The Morgan fingerprint density at radius 3 is 2.31 bits per heavy atom. The van der Waals surface area contributed by atoms with Gasteiger partial charge < -0.3 is 10.4 Å². The Hall–Kier alpha value is -2.87. The lowest BCUT2D eigenvalue weighted by atomic mass is 10.1. The summed E-state index contributed by atoms with van der Waals surface area (Å²) in [5.41, 5.74) is 1.57. The fourth-order valence-corrected chi connectivity index (χ4v) is 3.94. The summed E-state index contributed by atoms with van der Waals surface area (Å²) in [4.78, 5) is 11.3. The molecule has 3 N–H and O–H groups in total. The van der Waals surface area contributed by atoms with Gasteiger partial charge >= 0.3 is 5.97 Å². The van der Waals surface area contributed by atoms with Crippen LogP contribution >= 0.6 is 11.6 Å². The Balaban J connectivity index is 1.82. The van der Waals surface area contributed by atoms with Crippen LogP contribution in [0.4, 0.5) is 5.69 Å². The molecule has 0 aliphatic heterocycles. The van der Waals surface area contributed by atoms with Gasteiger partial charge in [0.25, 0.3) is 0 Å². The van der Waals surface area contributed by atoms with Crippen LogP contribution < -0.4 is 10.0 Å². The zero-order chi connectivity index (χ0) is 20.9. The molecule has 29 heavy (non-hydrogen) atoms. The number of halogens is 1. The van der Waals surface area contributed by atoms with E-state index < -0.39 is 22.0 Å². The van der Waals surface area contributed by atoms with Crippen molar-refractivity contribution in [1.82, 2.24) is 4.72 Å². The first kappa shape index (κ1) is 20.9. The summed E-state index contributed by atoms with van der Waals surface area (Å²) < 4.78 is 27.8. The van der Waals surface area contributed by atoms with Crippen molar-refractivity contribution in [2.24, 2.45) is 0 Å². The number of nitrogens with one attached hydrogen (secondary N) is 2. The Labute approximate surface area is 174 Å². The average Bonchev–Trinajstić information content (AvgIpc) is 2.72. The van der Waals surface area contributed by atoms with Crippen LogP contribution in [0.1, 0.15) is 22.0 Å². The van der Waals surface area contributed by atoms with Crippen LogP contribution in [0.15, 0.2) is 83.8 Å². The Kier molecular flexibility index (Phi) is 6.53. The van der Waals surface area contributed by atoms with Gasteiger partial charge in [-0.25, -0.2) is 17.9 Å². The first-order chi connectivity index (χ1) is 13.8. The third-order valence-electron chi connectivity index (χ3n) is 4.25. The number of hydrogen-bond acceptors (Lipinski definition) is 4. The molecule has 3 aromatic rings. The molecule has 150 valence electrons. The maximum Gasteiger partial charge on any atom is 0.335 e. The lowest BCUT2D eigenvalue weighted by Crippen LogP contribution is -2.31. The molecule has 0 aromatic heterocycles. The standard InChI is InChI=1S/C21H19ClN2O4S/c22-17-9-11-19(12-10-17)29(27,28)23-14-20(15-5-2-1-3-6-15)24-18-8-4-7-16(13-18)21(25)26/h1-13,20,23-24H,14H2,(H,25,26)/t20-/m1/s1. The summed E-state index contributed by atoms with van der Waals surface area (Å²) in [5, 5.41) is 12.8. The van der Waals surface area contributed by atoms with Crippen molar-refractivity contribution in [1.29, 1.82) is 0 Å². The Bertz CT molecular complexity index is 1090. The summed E-state index contributed by atoms with van der Waals surface area (Å²) in [6.45, 7) is 0.0618. The van der Waals surface area contributed by atoms with Gasteiger partial charge in [0.1, 0.15) is 0 Å². The fourth-order valence-electron chi connectivity index (χ4n) is 2.77. The third kappa shape index (κ3) is 5.57. The largest absolute Gasteiger partial charge is 0.478 e. The number of rotatable bonds is 8. The number of carboxylic acids is 1. The molecular formula is C21H19ClN2O4S. The smallest absolute Gasteiger partial charge is 0.335 e. The number of hydrogen-bond donors (Lipinski definition) is 3. The maximum atomic E-state index is 12.6. The zero-order valence-electron chi connectivity index (χ0n) is 15.2. The van der Waals surface area contributed by atoms with E-state index in [2.05, 4.69) is 10.0 Å². The number of benzene rings is 3. The molecule has 0 amide bonds. The van der Waals surface area contributed by atoms with Gasteiger partial charge in [0, 0.05) is 17.3 Å². The number of sulfonamides is 1. The molecule has 6 nitrogen and oxygen atoms in total. The molecule has 0 saturated carbocycles. The second-order valence-electron chi connectivity index (χ2n) is 6.30. The van der Waals surface area contributed by atoms with Crippen LogP contribution in [-0.2, 0) is 10.0 Å². The van der Waals surface area contributed by atoms with Gasteiger partial charge in [0.2, 0.25) is 10.0 Å². The zero-order valence-corrected chi connectivity index (χ0v) is 16.8. The molecular weight excluding hydrogens is 412 g/mol. The first-order valence-electron chi connectivity index (χ1n) is 8.75. The molecule has 0 radical (unpaired) electrons. The summed E-state index contributed by atoms with van der Waals surface area (Å²) in [7, 11) is -3.74. The molecule has 0 saturated heterocycles. The van der Waals surface area contributed by atoms with E-state index in [0.717, 1.165) is 5.56 Å². The second-order valence-corrected chi connectivity index (χ2v) is 8.50. The first-order valence-corrected chi connectivity index (χ1v) is 10.6. The Morgan fingerprint density at radius 2 is 1.66 bits per heavy atom. The highest BCUT2D eigenvalue weighted by Gasteiger charge is 2.18. The molecule has 0 spiro atoms. The molecule has 1 atom stereocenters. The van der Waals surface area contributed by atoms with Crippen molar-refractivity contribution < 1.29 is 18.3 Å². The minimum absolute atomic E-state index is 0.0618. The van der Waals surface area contributed by atoms with Crippen LogP contribution in [0, 0.1) is 0 Å². The lowest BCUT2D eigenvalue weighted by molar-refractivity contribution is 0.0697. The maximum absolute atomic E-state index is 12.6. The molecule has 0 fully saturated rings. The van der Waals surface area contributed by atoms with E-state index in [1.165, 1.54) is 36.4 Å². The summed E-state index contributed by atoms with van der Waals surface area (Å²) in [6.07, 6.45) is 0. The minimum atomic E-state index is -3.74. The monoisotopic (exact) mass is 430 g/mol. The highest BCUT2D eigenvalue weighted by atomic mass is 35.5. The Morgan fingerprint density at radius 1 is 0.966 bits per heavy atom. The average molecular weight is 431 g/mol. The number of aromatic carboxylic acids is 1. The van der Waals surface area contributed by atoms with Gasteiger partial charge in [-0.05, 0) is 48.0 Å². The number of carboxylic acid groups (broad SMARTS) is 1. The van der Waals surface area contributed by atoms with Crippen LogP contribution in [0.5, 0.6) is 0 Å². The molecule has 0 unspecified atom stereocenters. The van der Waals surface area contributed by atoms with Crippen LogP contribution in [0.3, 0.4) is 0 Å². The topological polar surface area (TPSA) is 95.5 Å². The van der Waals surface area contributed by atoms with Gasteiger partial charge in [-0.15, -0.1) is 0 Å². The van der Waals surface area contributed by atoms with Gasteiger partial charge in [0.05, 0.1) is 16.5 Å². The molecule has 0 aliphatic rings. The van der Waals surface area contributed by atoms with E-state index >= 15 is 0 Å². The van der Waals surface area contributed by atoms with Gasteiger partial charge in [-0.2, -0.15) is 0 Å². The molecule has 0 aliphatic carbocycles. The summed E-state index contributed by atoms with van der Waals surface area (Å²) >= 11 is 5.83. The molecule has 3 rings (SSSR count). The van der Waals surface area contributed by atoms with Gasteiger partial charge in [-0.3, -0.25) is 0 Å². The van der Waals surface area contributed by atoms with E-state index in [1.54, 1.807) is 12.1 Å². The second kappa shape index (κ2) is 9.09.